The zero-order valence-corrected chi connectivity index (χ0v) is 22.3. The summed E-state index contributed by atoms with van der Waals surface area (Å²) in [4.78, 5) is 33.9. The monoisotopic (exact) mass is 496 g/mol. The van der Waals surface area contributed by atoms with Crippen LogP contribution in [-0.2, 0) is 32.7 Å². The van der Waals surface area contributed by atoms with E-state index in [1.54, 1.807) is 0 Å². The maximum atomic E-state index is 12.2. The molecule has 0 heterocycles. The van der Waals surface area contributed by atoms with Crippen LogP contribution in [0.3, 0.4) is 0 Å². The molecule has 1 N–H and O–H groups in total. The molecule has 33 heavy (non-hydrogen) atoms. The fraction of sp³-hybridized carbons (Fsp3) is 0.913. The molecule has 2 atom stereocenters. The van der Waals surface area contributed by atoms with E-state index in [9.17, 15) is 19.0 Å². The number of nitrogens with zero attached hydrogens (tertiary/aromatic N) is 1. The van der Waals surface area contributed by atoms with Gasteiger partial charge < -0.3 is 18.9 Å². The van der Waals surface area contributed by atoms with Gasteiger partial charge in [-0.25, -0.2) is 4.57 Å². The van der Waals surface area contributed by atoms with E-state index in [2.05, 4.69) is 6.92 Å². The highest BCUT2D eigenvalue weighted by Crippen LogP contribution is 2.43. The Labute approximate surface area is 200 Å². The second-order valence-electron chi connectivity index (χ2n) is 9.38. The van der Waals surface area contributed by atoms with E-state index in [0.717, 1.165) is 25.7 Å². The summed E-state index contributed by atoms with van der Waals surface area (Å²) in [7, 11) is 1.47. The van der Waals surface area contributed by atoms with Gasteiger partial charge in [-0.05, 0) is 12.8 Å². The van der Waals surface area contributed by atoms with Crippen molar-refractivity contribution >= 4 is 19.8 Å². The molecular formula is C23H47NO8P+. The van der Waals surface area contributed by atoms with E-state index in [4.69, 9.17) is 18.5 Å². The molecule has 196 valence electrons. The molecule has 0 aromatic rings. The number of carbonyl (C=O) groups excluding carboxylic acids is 2. The molecule has 0 saturated carbocycles. The largest absolute Gasteiger partial charge is 0.472 e. The van der Waals surface area contributed by atoms with Crippen LogP contribution in [0.1, 0.15) is 84.5 Å². The fourth-order valence-corrected chi connectivity index (χ4v) is 3.55. The van der Waals surface area contributed by atoms with E-state index in [0.29, 0.717) is 23.9 Å². The zero-order chi connectivity index (χ0) is 25.2. The summed E-state index contributed by atoms with van der Waals surface area (Å²) in [5.74, 6) is -0.850. The van der Waals surface area contributed by atoms with Crippen molar-refractivity contribution in [2.45, 2.75) is 90.6 Å². The Kier molecular flexibility index (Phi) is 17.8. The molecule has 9 nitrogen and oxygen atoms in total. The second-order valence-corrected chi connectivity index (χ2v) is 10.8. The number of likely N-dealkylation sites (N-methyl/N-ethyl adjacent to an activating group) is 1. The number of carbonyl (C=O) groups is 2. The molecule has 0 aliphatic heterocycles. The Morgan fingerprint density at radius 1 is 0.818 bits per heavy atom. The summed E-state index contributed by atoms with van der Waals surface area (Å²) >= 11 is 0. The average molecular weight is 497 g/mol. The van der Waals surface area contributed by atoms with Crippen LogP contribution in [0, 0.1) is 0 Å². The van der Waals surface area contributed by atoms with Gasteiger partial charge in [0.25, 0.3) is 0 Å². The molecule has 0 aromatic heterocycles. The van der Waals surface area contributed by atoms with Crippen molar-refractivity contribution in [3.8, 4) is 0 Å². The van der Waals surface area contributed by atoms with Crippen molar-refractivity contribution in [3.63, 3.8) is 0 Å². The van der Waals surface area contributed by atoms with Gasteiger partial charge in [-0.3, -0.25) is 18.6 Å². The van der Waals surface area contributed by atoms with Gasteiger partial charge >= 0.3 is 19.8 Å². The number of ether oxygens (including phenoxy) is 2. The smallest absolute Gasteiger partial charge is 0.462 e. The lowest BCUT2D eigenvalue weighted by atomic mass is 10.1. The SMILES string of the molecule is CCCCCCCCCC(=O)O[C@H](COC(=O)CCCC)COP(=O)(O)OCC[N+](C)(C)C. The first-order chi connectivity index (χ1) is 15.5. The third-order valence-electron chi connectivity index (χ3n) is 4.89. The lowest BCUT2D eigenvalue weighted by Gasteiger charge is -2.24. The normalized spacial score (nSPS) is 14.5. The number of quaternary nitrogens is 1. The van der Waals surface area contributed by atoms with E-state index >= 15 is 0 Å². The van der Waals surface area contributed by atoms with Gasteiger partial charge in [-0.2, -0.15) is 0 Å². The topological polar surface area (TPSA) is 108 Å². The van der Waals surface area contributed by atoms with Crippen LogP contribution in [0.5, 0.6) is 0 Å². The Bertz CT molecular complexity index is 579. The molecule has 1 unspecified atom stereocenters. The highest BCUT2D eigenvalue weighted by Gasteiger charge is 2.26. The van der Waals surface area contributed by atoms with Crippen LogP contribution in [0.4, 0.5) is 0 Å². The molecule has 0 saturated heterocycles. The van der Waals surface area contributed by atoms with Gasteiger partial charge in [0.2, 0.25) is 0 Å². The van der Waals surface area contributed by atoms with Crippen molar-refractivity contribution in [3.05, 3.63) is 0 Å². The first kappa shape index (κ1) is 32.0. The molecule has 0 aliphatic carbocycles. The van der Waals surface area contributed by atoms with Gasteiger partial charge in [-0.15, -0.1) is 0 Å². The molecule has 10 heteroatoms. The molecule has 0 aliphatic rings. The lowest BCUT2D eigenvalue weighted by Crippen LogP contribution is -2.37. The van der Waals surface area contributed by atoms with Crippen LogP contribution in [0.25, 0.3) is 0 Å². The van der Waals surface area contributed by atoms with E-state index < -0.39 is 32.5 Å². The Hall–Kier alpha value is -0.990. The van der Waals surface area contributed by atoms with Crippen LogP contribution in [-0.4, -0.2) is 74.9 Å². The summed E-state index contributed by atoms with van der Waals surface area (Å²) in [5, 5.41) is 0. The quantitative estimate of drug-likeness (QED) is 0.106. The number of hydrogen-bond donors (Lipinski definition) is 1. The summed E-state index contributed by atoms with van der Waals surface area (Å²) in [6, 6.07) is 0. The van der Waals surface area contributed by atoms with Gasteiger partial charge in [0.1, 0.15) is 19.8 Å². The van der Waals surface area contributed by atoms with E-state index in [1.807, 2.05) is 28.1 Å². The minimum Gasteiger partial charge on any atom is -0.462 e. The Morgan fingerprint density at radius 3 is 2.00 bits per heavy atom. The van der Waals surface area contributed by atoms with Crippen LogP contribution >= 0.6 is 7.82 Å². The number of esters is 2. The van der Waals surface area contributed by atoms with Gasteiger partial charge in [0.15, 0.2) is 6.10 Å². The van der Waals surface area contributed by atoms with Gasteiger partial charge in [-0.1, -0.05) is 58.8 Å². The summed E-state index contributed by atoms with van der Waals surface area (Å²) in [6.45, 7) is 4.05. The first-order valence-corrected chi connectivity index (χ1v) is 13.8. The van der Waals surface area contributed by atoms with Crippen molar-refractivity contribution in [2.24, 2.45) is 0 Å². The highest BCUT2D eigenvalue weighted by atomic mass is 31.2. The first-order valence-electron chi connectivity index (χ1n) is 12.3. The third kappa shape index (κ3) is 21.3. The minimum absolute atomic E-state index is 0.0337. The van der Waals surface area contributed by atoms with Crippen LogP contribution in [0.15, 0.2) is 0 Å². The number of rotatable bonds is 21. The molecule has 0 fully saturated rings. The van der Waals surface area contributed by atoms with Crippen molar-refractivity contribution in [1.82, 2.24) is 0 Å². The third-order valence-corrected chi connectivity index (χ3v) is 5.87. The highest BCUT2D eigenvalue weighted by molar-refractivity contribution is 7.47. The fourth-order valence-electron chi connectivity index (χ4n) is 2.81. The number of phosphoric ester groups is 1. The molecular weight excluding hydrogens is 449 g/mol. The van der Waals surface area contributed by atoms with Crippen LogP contribution < -0.4 is 0 Å². The summed E-state index contributed by atoms with van der Waals surface area (Å²) < 4.78 is 33.2. The summed E-state index contributed by atoms with van der Waals surface area (Å²) in [6.07, 6.45) is 8.61. The van der Waals surface area contributed by atoms with Crippen molar-refractivity contribution in [2.75, 3.05) is 47.5 Å². The maximum Gasteiger partial charge on any atom is 0.472 e. The van der Waals surface area contributed by atoms with Crippen molar-refractivity contribution in [1.29, 1.82) is 0 Å². The molecule has 0 aromatic carbocycles. The van der Waals surface area contributed by atoms with Gasteiger partial charge in [0, 0.05) is 12.8 Å². The van der Waals surface area contributed by atoms with E-state index in [1.165, 1.54) is 19.3 Å². The maximum absolute atomic E-state index is 12.2. The van der Waals surface area contributed by atoms with E-state index in [-0.39, 0.29) is 26.1 Å². The number of hydrogen-bond acceptors (Lipinski definition) is 7. The zero-order valence-electron chi connectivity index (χ0n) is 21.4. The molecule has 0 amide bonds. The Balaban J connectivity index is 4.56. The molecule has 0 spiro atoms. The van der Waals surface area contributed by atoms with Crippen molar-refractivity contribution < 1.29 is 42.1 Å². The van der Waals surface area contributed by atoms with Gasteiger partial charge in [0.05, 0.1) is 27.7 Å². The standard InChI is InChI=1S/C23H46NO8P/c1-6-8-10-11-12-13-14-16-23(26)32-21(19-29-22(25)15-9-7-2)20-31-33(27,28)30-18-17-24(3,4)5/h21H,6-20H2,1-5H3/p+1/t21-/m1/s1. The van der Waals surface area contributed by atoms with Crippen LogP contribution in [0.2, 0.25) is 0 Å². The summed E-state index contributed by atoms with van der Waals surface area (Å²) in [5.41, 5.74) is 0. The average Bonchev–Trinajstić information content (AvgIpc) is 2.72. The minimum atomic E-state index is -4.32. The molecule has 0 radical (unpaired) electrons. The molecule has 0 rings (SSSR count). The Morgan fingerprint density at radius 2 is 1.39 bits per heavy atom. The number of unbranched alkanes of at least 4 members (excludes halogenated alkanes) is 7. The predicted octanol–water partition coefficient (Wildman–Crippen LogP) is 4.61. The molecule has 0 bridgehead atoms. The number of phosphoric acid groups is 1. The lowest BCUT2D eigenvalue weighted by molar-refractivity contribution is -0.870. The predicted molar refractivity (Wildman–Crippen MR) is 128 cm³/mol. The second kappa shape index (κ2) is 18.4.